The fourth-order valence-electron chi connectivity index (χ4n) is 11.7. The van der Waals surface area contributed by atoms with E-state index in [1.165, 1.54) is 73.6 Å². The Morgan fingerprint density at radius 1 is 0.600 bits per heavy atom. The molecule has 4 aromatic heterocycles. The minimum Gasteiger partial charge on any atom is -0.462 e. The standard InChI is InChI=1S/C29H34FN5O2S.C25H26FN3O3S.C6H14N2.CH4/c1-19(2)33-13-15-34(16-14-33)24-18-23-20(17-21(24)30)27(36)26(28(37)31-9-12-32-10-5-6-11-32)29-35(23)22-7-3-4-8-25(22)38-29;1-4-32-25(31)22-23(30)16-13-17(26)20(28-11-9-27(10-12-28)15(2)3)14-19(16)29-18-7-5-6-8-21(18)33-24(22)29;7-3-6-8-4-1-2-5-8;/h3-4,7-8,17-19H,5-6,9-16H2,1-2H3,(H,31,37);5-8,13-15H,4,9-12H2,1-3H3;1-7H2;1H4. The molecule has 4 aromatic carbocycles. The van der Waals surface area contributed by atoms with Gasteiger partial charge in [-0.1, -0.05) is 31.7 Å². The molecule has 15 nitrogen and oxygen atoms in total. The number of anilines is 2. The van der Waals surface area contributed by atoms with Crippen LogP contribution < -0.4 is 31.7 Å². The van der Waals surface area contributed by atoms with Crippen LogP contribution in [0.1, 0.15) is 88.4 Å². The number of esters is 1. The zero-order valence-electron chi connectivity index (χ0n) is 46.2. The minimum atomic E-state index is -0.678. The molecule has 1 amide bonds. The van der Waals surface area contributed by atoms with E-state index >= 15 is 8.78 Å². The molecule has 0 unspecified atom stereocenters. The normalized spacial score (nSPS) is 16.8. The highest BCUT2D eigenvalue weighted by atomic mass is 32.1. The van der Waals surface area contributed by atoms with E-state index in [1.807, 2.05) is 62.2 Å². The molecule has 19 heteroatoms. The van der Waals surface area contributed by atoms with Crippen LogP contribution in [0.25, 0.3) is 51.9 Å². The lowest BCUT2D eigenvalue weighted by Gasteiger charge is -2.38. The van der Waals surface area contributed by atoms with Gasteiger partial charge in [-0.3, -0.25) is 33.0 Å². The predicted octanol–water partition coefficient (Wildman–Crippen LogP) is 9.35. The Bertz CT molecular complexity index is 3620. The van der Waals surface area contributed by atoms with E-state index in [1.54, 1.807) is 19.1 Å². The van der Waals surface area contributed by atoms with Crippen molar-refractivity contribution in [3.05, 3.63) is 116 Å². The number of carbonyl (C=O) groups is 2. The number of likely N-dealkylation sites (tertiary alicyclic amines) is 2. The lowest BCUT2D eigenvalue weighted by Crippen LogP contribution is -2.49. The topological polar surface area (TPSA) is 144 Å². The van der Waals surface area contributed by atoms with Gasteiger partial charge in [-0.05, 0) is 135 Å². The number of fused-ring (bicyclic) bond motifs is 10. The zero-order valence-corrected chi connectivity index (χ0v) is 47.8. The second-order valence-electron chi connectivity index (χ2n) is 21.6. The second-order valence-corrected chi connectivity index (χ2v) is 23.6. The van der Waals surface area contributed by atoms with Crippen LogP contribution in [0.2, 0.25) is 0 Å². The molecule has 4 aliphatic heterocycles. The summed E-state index contributed by atoms with van der Waals surface area (Å²) >= 11 is 2.80. The van der Waals surface area contributed by atoms with E-state index < -0.39 is 34.4 Å². The van der Waals surface area contributed by atoms with Crippen LogP contribution in [0.3, 0.4) is 0 Å². The molecule has 80 heavy (non-hydrogen) atoms. The van der Waals surface area contributed by atoms with E-state index in [-0.39, 0.29) is 35.9 Å². The number of amides is 1. The van der Waals surface area contributed by atoms with Gasteiger partial charge < -0.3 is 35.4 Å². The fourth-order valence-corrected chi connectivity index (χ4v) is 14.1. The van der Waals surface area contributed by atoms with Crippen LogP contribution in [0.4, 0.5) is 20.2 Å². The average Bonchev–Trinajstić information content (AvgIpc) is 4.42. The molecule has 4 fully saturated rings. The van der Waals surface area contributed by atoms with Crippen molar-refractivity contribution in [3.8, 4) is 0 Å². The zero-order chi connectivity index (χ0) is 55.5. The van der Waals surface area contributed by atoms with Crippen LogP contribution >= 0.6 is 22.7 Å². The van der Waals surface area contributed by atoms with Gasteiger partial charge in [0.1, 0.15) is 32.4 Å². The van der Waals surface area contributed by atoms with Gasteiger partial charge in [-0.15, -0.1) is 22.7 Å². The number of thiazole rings is 2. The molecule has 0 saturated carbocycles. The first-order chi connectivity index (χ1) is 38.3. The molecule has 12 rings (SSSR count). The van der Waals surface area contributed by atoms with Crippen molar-refractivity contribution in [2.45, 2.75) is 79.8 Å². The highest BCUT2D eigenvalue weighted by Gasteiger charge is 2.29. The van der Waals surface area contributed by atoms with E-state index in [4.69, 9.17) is 10.5 Å². The summed E-state index contributed by atoms with van der Waals surface area (Å²) in [5.74, 6) is -1.95. The molecule has 8 heterocycles. The third-order valence-corrected chi connectivity index (χ3v) is 18.3. The van der Waals surface area contributed by atoms with Crippen molar-refractivity contribution >= 4 is 97.8 Å². The van der Waals surface area contributed by atoms with Gasteiger partial charge in [0.25, 0.3) is 5.91 Å². The summed E-state index contributed by atoms with van der Waals surface area (Å²) in [5, 5.41) is 3.38. The Morgan fingerprint density at radius 3 is 1.46 bits per heavy atom. The maximum Gasteiger partial charge on any atom is 0.345 e. The maximum atomic E-state index is 15.6. The summed E-state index contributed by atoms with van der Waals surface area (Å²) in [5.41, 5.74) is 8.52. The van der Waals surface area contributed by atoms with E-state index in [9.17, 15) is 19.2 Å². The number of carbonyl (C=O) groups excluding carboxylic acids is 2. The van der Waals surface area contributed by atoms with Crippen molar-refractivity contribution in [3.63, 3.8) is 0 Å². The SMILES string of the molecule is C.CC(C)N1CCN(c2cc3c(cc2F)c(=O)c(C(=O)NCCN2CCCC2)c2sc4ccccc4n23)CC1.CCOC(=O)c1c(=O)c2cc(F)c(N3CCN(C(C)C)CC3)cc2n2c1sc1ccccc12.NCCN1CCCC1. The molecule has 0 bridgehead atoms. The number of nitrogens with one attached hydrogen (secondary N) is 1. The Kier molecular flexibility index (Phi) is 18.9. The van der Waals surface area contributed by atoms with E-state index in [2.05, 4.69) is 57.5 Å². The first kappa shape index (κ1) is 58.6. The van der Waals surface area contributed by atoms with Gasteiger partial charge in [0.2, 0.25) is 10.9 Å². The number of ether oxygens (including phenoxy) is 1. The van der Waals surface area contributed by atoms with Crippen molar-refractivity contribution < 1.29 is 23.1 Å². The number of aromatic nitrogens is 2. The lowest BCUT2D eigenvalue weighted by molar-refractivity contribution is 0.0527. The molecule has 3 N–H and O–H groups in total. The number of rotatable bonds is 12. The van der Waals surface area contributed by atoms with Crippen molar-refractivity contribution in [2.75, 3.05) is 121 Å². The molecule has 0 radical (unpaired) electrons. The van der Waals surface area contributed by atoms with Crippen LogP contribution in [-0.4, -0.2) is 164 Å². The second kappa shape index (κ2) is 25.8. The van der Waals surface area contributed by atoms with Crippen molar-refractivity contribution in [1.29, 1.82) is 0 Å². The van der Waals surface area contributed by atoms with E-state index in [0.717, 1.165) is 92.4 Å². The Labute approximate surface area is 475 Å². The number of nitrogens with zero attached hydrogens (tertiary/aromatic N) is 8. The number of halogens is 2. The number of hydrogen-bond donors (Lipinski definition) is 2. The quantitative estimate of drug-likeness (QED) is 0.113. The summed E-state index contributed by atoms with van der Waals surface area (Å²) in [4.78, 5) is 68.1. The summed E-state index contributed by atoms with van der Waals surface area (Å²) < 4.78 is 41.9. The van der Waals surface area contributed by atoms with Crippen molar-refractivity contribution in [1.82, 2.24) is 33.7 Å². The first-order valence-electron chi connectivity index (χ1n) is 28.2. The van der Waals surface area contributed by atoms with Gasteiger partial charge in [0.15, 0.2) is 0 Å². The Morgan fingerprint density at radius 2 is 1.02 bits per heavy atom. The molecule has 0 aliphatic carbocycles. The van der Waals surface area contributed by atoms with Gasteiger partial charge in [0, 0.05) is 90.6 Å². The molecule has 8 aromatic rings. The van der Waals surface area contributed by atoms with Crippen LogP contribution in [0.15, 0.2) is 82.4 Å². The van der Waals surface area contributed by atoms with Gasteiger partial charge >= 0.3 is 5.97 Å². The Hall–Kier alpha value is -6.06. The van der Waals surface area contributed by atoms with Gasteiger partial charge in [-0.25, -0.2) is 13.6 Å². The van der Waals surface area contributed by atoms with Crippen molar-refractivity contribution in [2.24, 2.45) is 5.73 Å². The predicted molar refractivity (Wildman–Crippen MR) is 326 cm³/mol. The molecule has 4 aliphatic rings. The number of pyridine rings is 2. The molecule has 428 valence electrons. The molecular formula is C61H78F2N10O5S2. The number of nitrogens with two attached hydrogens (primary N) is 1. The third-order valence-electron chi connectivity index (χ3n) is 16.0. The number of piperazine rings is 2. The minimum absolute atomic E-state index is 0. The summed E-state index contributed by atoms with van der Waals surface area (Å²) in [6.45, 7) is 24.6. The highest BCUT2D eigenvalue weighted by Crippen LogP contribution is 2.36. The number of benzene rings is 4. The Balaban J connectivity index is 0.000000169. The molecule has 0 spiro atoms. The number of hydrogen-bond acceptors (Lipinski definition) is 14. The lowest BCUT2D eigenvalue weighted by atomic mass is 10.1. The van der Waals surface area contributed by atoms with Crippen LogP contribution in [0.5, 0.6) is 0 Å². The first-order valence-corrected chi connectivity index (χ1v) is 29.9. The molecule has 4 saturated heterocycles. The average molecular weight is 1130 g/mol. The molecule has 0 atom stereocenters. The smallest absolute Gasteiger partial charge is 0.345 e. The van der Waals surface area contributed by atoms with Crippen LogP contribution in [0, 0.1) is 11.6 Å². The molecular weight excluding hydrogens is 1050 g/mol. The summed E-state index contributed by atoms with van der Waals surface area (Å²) in [6, 6.07) is 22.7. The van der Waals surface area contributed by atoms with E-state index in [0.29, 0.717) is 63.8 Å². The monoisotopic (exact) mass is 1130 g/mol. The largest absolute Gasteiger partial charge is 0.462 e. The summed E-state index contributed by atoms with van der Waals surface area (Å²) in [7, 11) is 0. The van der Waals surface area contributed by atoms with Gasteiger partial charge in [0.05, 0.1) is 60.2 Å². The van der Waals surface area contributed by atoms with Gasteiger partial charge in [-0.2, -0.15) is 0 Å². The highest BCUT2D eigenvalue weighted by molar-refractivity contribution is 7.24. The summed E-state index contributed by atoms with van der Waals surface area (Å²) in [6.07, 6.45) is 5.12. The maximum absolute atomic E-state index is 15.6. The third kappa shape index (κ3) is 12.0. The fraction of sp³-hybridized carbons (Fsp3) is 0.475. The number of para-hydroxylation sites is 2. The van der Waals surface area contributed by atoms with Crippen LogP contribution in [-0.2, 0) is 4.74 Å².